The lowest BCUT2D eigenvalue weighted by molar-refractivity contribution is -0.137. The fourth-order valence-corrected chi connectivity index (χ4v) is 1.06. The number of hydrogen-bond acceptors (Lipinski definition) is 2. The smallest absolute Gasteiger partial charge is 0.323 e. The number of carboxylic acid groups (broad SMARTS) is 1. The first-order valence-electron chi connectivity index (χ1n) is 5.36. The third-order valence-electron chi connectivity index (χ3n) is 2.26. The van der Waals surface area contributed by atoms with Gasteiger partial charge in [0.15, 0.2) is 0 Å². The lowest BCUT2D eigenvalue weighted by Gasteiger charge is -2.20. The topological polar surface area (TPSA) is 69.6 Å². The summed E-state index contributed by atoms with van der Waals surface area (Å²) in [6.45, 7) is 8.03. The summed E-state index contributed by atoms with van der Waals surface area (Å²) < 4.78 is 0. The Labute approximate surface area is 96.1 Å². The van der Waals surface area contributed by atoms with Crippen molar-refractivity contribution in [2.24, 2.45) is 5.92 Å². The Bertz CT molecular complexity index is 254. The molecule has 0 fully saturated rings. The van der Waals surface area contributed by atoms with Crippen molar-refractivity contribution in [2.75, 3.05) is 19.6 Å². The van der Waals surface area contributed by atoms with Gasteiger partial charge in [0.05, 0.1) is 0 Å². The highest BCUT2D eigenvalue weighted by molar-refractivity contribution is 5.80. The Morgan fingerprint density at radius 3 is 2.62 bits per heavy atom. The van der Waals surface area contributed by atoms with Crippen LogP contribution >= 0.6 is 0 Å². The number of nitrogens with one attached hydrogen (secondary N) is 1. The zero-order valence-electron chi connectivity index (χ0n) is 9.90. The molecule has 5 nitrogen and oxygen atoms in total. The lowest BCUT2D eigenvalue weighted by atomic mass is 10.1. The molecule has 1 unspecified atom stereocenters. The monoisotopic (exact) mass is 228 g/mol. The van der Waals surface area contributed by atoms with Gasteiger partial charge in [-0.15, -0.1) is 6.58 Å². The van der Waals surface area contributed by atoms with Crippen LogP contribution in [0.2, 0.25) is 0 Å². The van der Waals surface area contributed by atoms with Gasteiger partial charge in [0.2, 0.25) is 0 Å². The van der Waals surface area contributed by atoms with E-state index in [2.05, 4.69) is 11.9 Å². The van der Waals surface area contributed by atoms with E-state index in [9.17, 15) is 9.59 Å². The van der Waals surface area contributed by atoms with E-state index in [4.69, 9.17) is 5.11 Å². The minimum atomic E-state index is -1.03. The van der Waals surface area contributed by atoms with Crippen LogP contribution in [0.15, 0.2) is 12.7 Å². The fourth-order valence-electron chi connectivity index (χ4n) is 1.06. The largest absolute Gasteiger partial charge is 0.480 e. The van der Waals surface area contributed by atoms with Gasteiger partial charge in [0.25, 0.3) is 0 Å². The van der Waals surface area contributed by atoms with Crippen LogP contribution in [0.4, 0.5) is 4.79 Å². The minimum Gasteiger partial charge on any atom is -0.480 e. The van der Waals surface area contributed by atoms with E-state index in [-0.39, 0.29) is 19.1 Å². The van der Waals surface area contributed by atoms with Gasteiger partial charge in [-0.2, -0.15) is 0 Å². The first-order valence-corrected chi connectivity index (χ1v) is 5.36. The van der Waals surface area contributed by atoms with E-state index in [1.54, 1.807) is 0 Å². The average Bonchev–Trinajstić information content (AvgIpc) is 2.24. The Kier molecular flexibility index (Phi) is 7.00. The molecule has 16 heavy (non-hydrogen) atoms. The lowest BCUT2D eigenvalue weighted by Crippen LogP contribution is -2.44. The SMILES string of the molecule is C=CCN(CC(=O)O)C(=O)NCC(C)CC. The van der Waals surface area contributed by atoms with Crippen molar-refractivity contribution in [3.8, 4) is 0 Å². The summed E-state index contributed by atoms with van der Waals surface area (Å²) in [6.07, 6.45) is 2.48. The second-order valence-electron chi connectivity index (χ2n) is 3.76. The molecule has 0 bridgehead atoms. The maximum Gasteiger partial charge on any atom is 0.323 e. The van der Waals surface area contributed by atoms with Crippen LogP contribution in [0.3, 0.4) is 0 Å². The van der Waals surface area contributed by atoms with Crippen LogP contribution in [-0.2, 0) is 4.79 Å². The zero-order chi connectivity index (χ0) is 12.6. The number of amides is 2. The number of hydrogen-bond donors (Lipinski definition) is 2. The zero-order valence-corrected chi connectivity index (χ0v) is 9.90. The van der Waals surface area contributed by atoms with Gasteiger partial charge in [-0.05, 0) is 5.92 Å². The number of rotatable bonds is 7. The second kappa shape index (κ2) is 7.73. The van der Waals surface area contributed by atoms with Crippen LogP contribution < -0.4 is 5.32 Å². The van der Waals surface area contributed by atoms with E-state index in [0.29, 0.717) is 12.5 Å². The normalized spacial score (nSPS) is 11.6. The molecule has 0 saturated carbocycles. The molecule has 2 amide bonds. The summed E-state index contributed by atoms with van der Waals surface area (Å²) in [4.78, 5) is 23.3. The molecule has 0 rings (SSSR count). The highest BCUT2D eigenvalue weighted by Gasteiger charge is 2.15. The molecule has 0 aromatic carbocycles. The Hall–Kier alpha value is -1.52. The standard InChI is InChI=1S/C11H20N2O3/c1-4-6-13(8-10(14)15)11(16)12-7-9(3)5-2/h4,9H,1,5-8H2,2-3H3,(H,12,16)(H,14,15). The van der Waals surface area contributed by atoms with E-state index in [1.807, 2.05) is 13.8 Å². The minimum absolute atomic E-state index is 0.235. The van der Waals surface area contributed by atoms with Crippen LogP contribution in [0.25, 0.3) is 0 Å². The molecule has 0 heterocycles. The summed E-state index contributed by atoms with van der Waals surface area (Å²) >= 11 is 0. The van der Waals surface area contributed by atoms with Crippen molar-refractivity contribution < 1.29 is 14.7 Å². The van der Waals surface area contributed by atoms with Gasteiger partial charge in [-0.3, -0.25) is 4.79 Å². The number of aliphatic carboxylic acids is 1. The van der Waals surface area contributed by atoms with E-state index in [0.717, 1.165) is 6.42 Å². The molecule has 0 radical (unpaired) electrons. The van der Waals surface area contributed by atoms with E-state index >= 15 is 0 Å². The van der Waals surface area contributed by atoms with Gasteiger partial charge in [-0.25, -0.2) is 4.79 Å². The molecule has 2 N–H and O–H groups in total. The van der Waals surface area contributed by atoms with E-state index in [1.165, 1.54) is 11.0 Å². The first-order chi connectivity index (χ1) is 7.51. The molecule has 0 aromatic heterocycles. The highest BCUT2D eigenvalue weighted by atomic mass is 16.4. The quantitative estimate of drug-likeness (QED) is 0.645. The van der Waals surface area contributed by atoms with Crippen LogP contribution in [0, 0.1) is 5.92 Å². The molecule has 0 aliphatic heterocycles. The maximum atomic E-state index is 11.6. The molecule has 0 saturated heterocycles. The van der Waals surface area contributed by atoms with E-state index < -0.39 is 5.97 Å². The van der Waals surface area contributed by atoms with Gasteiger partial charge >= 0.3 is 12.0 Å². The van der Waals surface area contributed by atoms with Crippen molar-refractivity contribution in [1.82, 2.24) is 10.2 Å². The molecular weight excluding hydrogens is 208 g/mol. The summed E-state index contributed by atoms with van der Waals surface area (Å²) in [5.74, 6) is -0.639. The van der Waals surface area contributed by atoms with Gasteiger partial charge in [0, 0.05) is 13.1 Å². The van der Waals surface area contributed by atoms with Crippen molar-refractivity contribution >= 4 is 12.0 Å². The predicted molar refractivity (Wildman–Crippen MR) is 62.3 cm³/mol. The van der Waals surface area contributed by atoms with Crippen molar-refractivity contribution in [1.29, 1.82) is 0 Å². The molecule has 0 spiro atoms. The molecular formula is C11H20N2O3. The molecule has 0 aliphatic rings. The number of urea groups is 1. The average molecular weight is 228 g/mol. The van der Waals surface area contributed by atoms with Crippen LogP contribution in [0.1, 0.15) is 20.3 Å². The summed E-state index contributed by atoms with van der Waals surface area (Å²) in [6, 6.07) is -0.359. The first kappa shape index (κ1) is 14.5. The van der Waals surface area contributed by atoms with Gasteiger partial charge < -0.3 is 15.3 Å². The Balaban J connectivity index is 4.15. The van der Waals surface area contributed by atoms with Crippen LogP contribution in [-0.4, -0.2) is 41.6 Å². The Morgan fingerprint density at radius 2 is 2.19 bits per heavy atom. The summed E-state index contributed by atoms with van der Waals surface area (Å²) in [7, 11) is 0. The third kappa shape index (κ3) is 6.06. The van der Waals surface area contributed by atoms with Crippen LogP contribution in [0.5, 0.6) is 0 Å². The summed E-state index contributed by atoms with van der Waals surface area (Å²) in [5, 5.41) is 11.3. The van der Waals surface area contributed by atoms with Crippen molar-refractivity contribution in [3.63, 3.8) is 0 Å². The number of carbonyl (C=O) groups is 2. The molecule has 92 valence electrons. The number of carboxylic acids is 1. The predicted octanol–water partition coefficient (Wildman–Crippen LogP) is 1.31. The van der Waals surface area contributed by atoms with Gasteiger partial charge in [0.1, 0.15) is 6.54 Å². The molecule has 1 atom stereocenters. The van der Waals surface area contributed by atoms with Crippen molar-refractivity contribution in [3.05, 3.63) is 12.7 Å². The van der Waals surface area contributed by atoms with Gasteiger partial charge in [-0.1, -0.05) is 26.3 Å². The highest BCUT2D eigenvalue weighted by Crippen LogP contribution is 1.98. The molecule has 0 aromatic rings. The fraction of sp³-hybridized carbons (Fsp3) is 0.636. The summed E-state index contributed by atoms with van der Waals surface area (Å²) in [5.41, 5.74) is 0. The molecule has 0 aliphatic carbocycles. The Morgan fingerprint density at radius 1 is 1.56 bits per heavy atom. The third-order valence-corrected chi connectivity index (χ3v) is 2.26. The maximum absolute atomic E-state index is 11.6. The number of carbonyl (C=O) groups excluding carboxylic acids is 1. The molecule has 5 heteroatoms. The number of nitrogens with zero attached hydrogens (tertiary/aromatic N) is 1. The second-order valence-corrected chi connectivity index (χ2v) is 3.76. The van der Waals surface area contributed by atoms with Crippen molar-refractivity contribution in [2.45, 2.75) is 20.3 Å².